The average molecular weight is 306 g/mol. The number of hydrogen-bond donors (Lipinski definition) is 2. The zero-order chi connectivity index (χ0) is 15.3. The van der Waals surface area contributed by atoms with Gasteiger partial charge in [-0.15, -0.1) is 0 Å². The Hall–Kier alpha value is -1.92. The van der Waals surface area contributed by atoms with Gasteiger partial charge in [0, 0.05) is 12.3 Å². The number of hydrogen-bond acceptors (Lipinski definition) is 4. The molecule has 2 rings (SSSR count). The molecule has 0 aliphatic rings. The summed E-state index contributed by atoms with van der Waals surface area (Å²) in [6, 6.07) is 10.1. The molecule has 0 saturated heterocycles. The van der Waals surface area contributed by atoms with E-state index in [2.05, 4.69) is 9.71 Å². The molecule has 0 bridgehead atoms. The van der Waals surface area contributed by atoms with E-state index in [4.69, 9.17) is 5.11 Å². The van der Waals surface area contributed by atoms with E-state index in [-0.39, 0.29) is 11.5 Å². The van der Waals surface area contributed by atoms with Crippen molar-refractivity contribution in [3.05, 3.63) is 53.9 Å². The highest BCUT2D eigenvalue weighted by Gasteiger charge is 2.14. The Bertz CT molecular complexity index is 680. The molecular weight excluding hydrogens is 288 g/mol. The third-order valence-electron chi connectivity index (χ3n) is 3.02. The van der Waals surface area contributed by atoms with Crippen molar-refractivity contribution in [3.63, 3.8) is 0 Å². The molecule has 2 N–H and O–H groups in total. The van der Waals surface area contributed by atoms with Crippen molar-refractivity contribution in [3.8, 4) is 0 Å². The van der Waals surface area contributed by atoms with E-state index in [0.717, 1.165) is 17.7 Å². The van der Waals surface area contributed by atoms with Gasteiger partial charge < -0.3 is 5.11 Å². The summed E-state index contributed by atoms with van der Waals surface area (Å²) in [4.78, 5) is 4.26. The van der Waals surface area contributed by atoms with E-state index < -0.39 is 10.0 Å². The van der Waals surface area contributed by atoms with Gasteiger partial charge in [0.2, 0.25) is 0 Å². The molecule has 0 unspecified atom stereocenters. The monoisotopic (exact) mass is 306 g/mol. The number of benzene rings is 1. The average Bonchev–Trinajstić information content (AvgIpc) is 2.48. The highest BCUT2D eigenvalue weighted by Crippen LogP contribution is 2.16. The number of aliphatic hydroxyl groups is 1. The maximum atomic E-state index is 12.2. The Kier molecular flexibility index (Phi) is 4.93. The molecule has 0 amide bonds. The van der Waals surface area contributed by atoms with Crippen LogP contribution in [0.15, 0.2) is 47.5 Å². The molecule has 0 spiro atoms. The van der Waals surface area contributed by atoms with Crippen molar-refractivity contribution in [2.24, 2.45) is 0 Å². The first-order chi connectivity index (χ1) is 10.0. The van der Waals surface area contributed by atoms with E-state index in [9.17, 15) is 8.42 Å². The summed E-state index contributed by atoms with van der Waals surface area (Å²) in [6.07, 6.45) is 2.88. The molecule has 0 radical (unpaired) electrons. The molecule has 1 aromatic heterocycles. The lowest BCUT2D eigenvalue weighted by atomic mass is 10.1. The quantitative estimate of drug-likeness (QED) is 0.856. The van der Waals surface area contributed by atoms with Gasteiger partial charge in [-0.1, -0.05) is 12.1 Å². The summed E-state index contributed by atoms with van der Waals surface area (Å²) >= 11 is 0. The molecule has 21 heavy (non-hydrogen) atoms. The molecule has 0 fully saturated rings. The largest absolute Gasteiger partial charge is 0.396 e. The van der Waals surface area contributed by atoms with Gasteiger partial charge in [0.05, 0.1) is 16.8 Å². The van der Waals surface area contributed by atoms with Crippen LogP contribution in [0.1, 0.15) is 17.7 Å². The topological polar surface area (TPSA) is 79.3 Å². The summed E-state index contributed by atoms with van der Waals surface area (Å²) in [5.41, 5.74) is 2.26. The Balaban J connectivity index is 2.13. The summed E-state index contributed by atoms with van der Waals surface area (Å²) in [5.74, 6) is 0. The number of anilines is 1. The Morgan fingerprint density at radius 3 is 2.43 bits per heavy atom. The fraction of sp³-hybridized carbons (Fsp3) is 0.267. The van der Waals surface area contributed by atoms with E-state index in [1.807, 2.05) is 6.92 Å². The predicted octanol–water partition coefficient (Wildman–Crippen LogP) is 2.12. The third-order valence-corrected chi connectivity index (χ3v) is 4.42. The van der Waals surface area contributed by atoms with Crippen molar-refractivity contribution in [2.45, 2.75) is 24.7 Å². The molecular formula is C15H18N2O3S. The minimum Gasteiger partial charge on any atom is -0.396 e. The Morgan fingerprint density at radius 2 is 1.86 bits per heavy atom. The molecule has 0 atom stereocenters. The fourth-order valence-electron chi connectivity index (χ4n) is 1.86. The number of aliphatic hydroxyl groups excluding tert-OH is 1. The molecule has 2 aromatic rings. The van der Waals surface area contributed by atoms with Crippen LogP contribution < -0.4 is 4.72 Å². The maximum Gasteiger partial charge on any atom is 0.261 e. The minimum absolute atomic E-state index is 0.127. The standard InChI is InChI=1S/C15H18N2O3S/c1-12-4-7-14(11-16-12)17-21(19,20)15-8-5-13(6-9-15)3-2-10-18/h4-9,11,17-18H,2-3,10H2,1H3. The van der Waals surface area contributed by atoms with Gasteiger partial charge >= 0.3 is 0 Å². The lowest BCUT2D eigenvalue weighted by molar-refractivity contribution is 0.288. The molecule has 1 aromatic carbocycles. The number of aryl methyl sites for hydroxylation is 2. The smallest absolute Gasteiger partial charge is 0.261 e. The van der Waals surface area contributed by atoms with Crippen LogP contribution in [0.3, 0.4) is 0 Å². The lowest BCUT2D eigenvalue weighted by Gasteiger charge is -2.08. The van der Waals surface area contributed by atoms with Crippen LogP contribution in [-0.4, -0.2) is 25.1 Å². The number of pyridine rings is 1. The van der Waals surface area contributed by atoms with Crippen molar-refractivity contribution in [1.82, 2.24) is 4.98 Å². The van der Waals surface area contributed by atoms with Crippen LogP contribution in [0.25, 0.3) is 0 Å². The predicted molar refractivity (Wildman–Crippen MR) is 81.6 cm³/mol. The van der Waals surface area contributed by atoms with Crippen LogP contribution in [0.2, 0.25) is 0 Å². The molecule has 0 saturated carbocycles. The van der Waals surface area contributed by atoms with Gasteiger partial charge in [0.1, 0.15) is 0 Å². The second-order valence-corrected chi connectivity index (χ2v) is 6.45. The SMILES string of the molecule is Cc1ccc(NS(=O)(=O)c2ccc(CCCO)cc2)cn1. The highest BCUT2D eigenvalue weighted by atomic mass is 32.2. The molecule has 5 nitrogen and oxygen atoms in total. The van der Waals surface area contributed by atoms with E-state index in [0.29, 0.717) is 12.1 Å². The van der Waals surface area contributed by atoms with Crippen LogP contribution in [0, 0.1) is 6.92 Å². The van der Waals surface area contributed by atoms with E-state index in [1.54, 1.807) is 36.4 Å². The fourth-order valence-corrected chi connectivity index (χ4v) is 2.90. The number of aromatic nitrogens is 1. The van der Waals surface area contributed by atoms with Crippen LogP contribution in [0.5, 0.6) is 0 Å². The number of rotatable bonds is 6. The number of nitrogens with zero attached hydrogens (tertiary/aromatic N) is 1. The second kappa shape index (κ2) is 6.69. The van der Waals surface area contributed by atoms with E-state index in [1.165, 1.54) is 6.20 Å². The second-order valence-electron chi connectivity index (χ2n) is 4.76. The van der Waals surface area contributed by atoms with Crippen LogP contribution in [0.4, 0.5) is 5.69 Å². The highest BCUT2D eigenvalue weighted by molar-refractivity contribution is 7.92. The summed E-state index contributed by atoms with van der Waals surface area (Å²) in [6.45, 7) is 1.96. The van der Waals surface area contributed by atoms with Crippen LogP contribution in [-0.2, 0) is 16.4 Å². The maximum absolute atomic E-state index is 12.2. The zero-order valence-electron chi connectivity index (χ0n) is 11.8. The molecule has 1 heterocycles. The van der Waals surface area contributed by atoms with Gasteiger partial charge in [-0.2, -0.15) is 0 Å². The van der Waals surface area contributed by atoms with E-state index >= 15 is 0 Å². The first-order valence-electron chi connectivity index (χ1n) is 6.66. The lowest BCUT2D eigenvalue weighted by Crippen LogP contribution is -2.13. The van der Waals surface area contributed by atoms with Crippen molar-refractivity contribution >= 4 is 15.7 Å². The van der Waals surface area contributed by atoms with Gasteiger partial charge in [0.15, 0.2) is 0 Å². The summed E-state index contributed by atoms with van der Waals surface area (Å²) in [5, 5.41) is 8.78. The molecule has 0 aliphatic carbocycles. The molecule has 0 aliphatic heterocycles. The number of sulfonamides is 1. The Labute approximate surface area is 124 Å². The normalized spacial score (nSPS) is 11.3. The van der Waals surface area contributed by atoms with Crippen molar-refractivity contribution < 1.29 is 13.5 Å². The van der Waals surface area contributed by atoms with Gasteiger partial charge in [-0.05, 0) is 49.6 Å². The molecule has 112 valence electrons. The zero-order valence-corrected chi connectivity index (χ0v) is 12.6. The summed E-state index contributed by atoms with van der Waals surface area (Å²) in [7, 11) is -3.60. The van der Waals surface area contributed by atoms with Crippen LogP contribution >= 0.6 is 0 Å². The number of nitrogens with one attached hydrogen (secondary N) is 1. The first-order valence-corrected chi connectivity index (χ1v) is 8.15. The van der Waals surface area contributed by atoms with Gasteiger partial charge in [-0.3, -0.25) is 9.71 Å². The van der Waals surface area contributed by atoms with Gasteiger partial charge in [-0.25, -0.2) is 8.42 Å². The minimum atomic E-state index is -3.60. The van der Waals surface area contributed by atoms with Crippen molar-refractivity contribution in [2.75, 3.05) is 11.3 Å². The van der Waals surface area contributed by atoms with Gasteiger partial charge in [0.25, 0.3) is 10.0 Å². The third kappa shape index (κ3) is 4.27. The van der Waals surface area contributed by atoms with Crippen molar-refractivity contribution in [1.29, 1.82) is 0 Å². The first kappa shape index (κ1) is 15.5. The Morgan fingerprint density at radius 1 is 1.14 bits per heavy atom. The molecule has 6 heteroatoms. The summed E-state index contributed by atoms with van der Waals surface area (Å²) < 4.78 is 27.0.